The van der Waals surface area contributed by atoms with Crippen molar-refractivity contribution < 1.29 is 9.63 Å². The molecule has 0 radical (unpaired) electrons. The van der Waals surface area contributed by atoms with Gasteiger partial charge in [-0.2, -0.15) is 0 Å². The quantitative estimate of drug-likeness (QED) is 0.841. The van der Waals surface area contributed by atoms with Crippen molar-refractivity contribution in [2.75, 3.05) is 26.2 Å². The number of amides is 1. The molecule has 0 bridgehead atoms. The monoisotopic (exact) mass is 302 g/mol. The summed E-state index contributed by atoms with van der Waals surface area (Å²) >= 11 is 0. The van der Waals surface area contributed by atoms with Crippen molar-refractivity contribution >= 4 is 11.6 Å². The molecule has 0 spiro atoms. The summed E-state index contributed by atoms with van der Waals surface area (Å²) in [6.07, 6.45) is 2.90. The molecule has 1 aromatic heterocycles. The molecule has 3 heterocycles. The van der Waals surface area contributed by atoms with Crippen molar-refractivity contribution in [3.63, 3.8) is 0 Å². The van der Waals surface area contributed by atoms with Crippen LogP contribution in [0.15, 0.2) is 29.6 Å². The van der Waals surface area contributed by atoms with E-state index >= 15 is 0 Å². The molecule has 2 aliphatic heterocycles. The minimum Gasteiger partial charge on any atom is -0.382 e. The molecule has 0 saturated carbocycles. The zero-order valence-corrected chi connectivity index (χ0v) is 12.9. The Morgan fingerprint density at radius 3 is 2.77 bits per heavy atom. The predicted octanol–water partition coefficient (Wildman–Crippen LogP) is 1.28. The smallest absolute Gasteiger partial charge is 0.266 e. The number of carbonyl (C=O) groups is 1. The normalized spacial score (nSPS) is 22.3. The first kappa shape index (κ1) is 15.0. The molecule has 2 aliphatic rings. The minimum absolute atomic E-state index is 0.0738. The summed E-state index contributed by atoms with van der Waals surface area (Å²) in [7, 11) is 0. The highest BCUT2D eigenvalue weighted by atomic mass is 16.6. The largest absolute Gasteiger partial charge is 0.382 e. The molecule has 0 N–H and O–H groups in total. The van der Waals surface area contributed by atoms with Crippen LogP contribution in [0.2, 0.25) is 0 Å². The van der Waals surface area contributed by atoms with Gasteiger partial charge in [0.15, 0.2) is 0 Å². The standard InChI is InChI=1S/C16H22N4O2/c1-2-13-11-15(22-18-13)16(21)20-9-7-19(8-10-20)12-14-5-3-4-6-17-14/h3-6,15H,2,7-12H2,1H3/t15-/m1/s1. The van der Waals surface area contributed by atoms with Crippen LogP contribution in [0, 0.1) is 0 Å². The van der Waals surface area contributed by atoms with E-state index in [1.54, 1.807) is 0 Å². The van der Waals surface area contributed by atoms with Gasteiger partial charge < -0.3 is 9.74 Å². The summed E-state index contributed by atoms with van der Waals surface area (Å²) in [5.74, 6) is 0.0738. The van der Waals surface area contributed by atoms with Crippen molar-refractivity contribution in [2.24, 2.45) is 5.16 Å². The van der Waals surface area contributed by atoms with Crippen LogP contribution >= 0.6 is 0 Å². The fourth-order valence-corrected chi connectivity index (χ4v) is 2.82. The number of rotatable bonds is 4. The number of aromatic nitrogens is 1. The third-order valence-corrected chi connectivity index (χ3v) is 4.21. The summed E-state index contributed by atoms with van der Waals surface area (Å²) in [6, 6.07) is 5.96. The summed E-state index contributed by atoms with van der Waals surface area (Å²) in [6.45, 7) is 6.10. The summed E-state index contributed by atoms with van der Waals surface area (Å²) in [4.78, 5) is 26.3. The van der Waals surface area contributed by atoms with Gasteiger partial charge in [0, 0.05) is 45.3 Å². The van der Waals surface area contributed by atoms with Crippen molar-refractivity contribution in [2.45, 2.75) is 32.4 Å². The molecule has 6 heteroatoms. The van der Waals surface area contributed by atoms with E-state index in [1.807, 2.05) is 36.2 Å². The maximum absolute atomic E-state index is 12.4. The lowest BCUT2D eigenvalue weighted by Gasteiger charge is -2.35. The third-order valence-electron chi connectivity index (χ3n) is 4.21. The molecule has 1 fully saturated rings. The molecule has 1 atom stereocenters. The fraction of sp³-hybridized carbons (Fsp3) is 0.562. The van der Waals surface area contributed by atoms with Crippen molar-refractivity contribution in [3.05, 3.63) is 30.1 Å². The first-order chi connectivity index (χ1) is 10.8. The molecule has 3 rings (SSSR count). The number of piperazine rings is 1. The molecule has 22 heavy (non-hydrogen) atoms. The topological polar surface area (TPSA) is 58.0 Å². The third kappa shape index (κ3) is 3.44. The van der Waals surface area contributed by atoms with Gasteiger partial charge in [-0.05, 0) is 18.6 Å². The highest BCUT2D eigenvalue weighted by molar-refractivity contribution is 5.92. The van der Waals surface area contributed by atoms with Gasteiger partial charge >= 0.3 is 0 Å². The number of hydrogen-bond donors (Lipinski definition) is 0. The van der Waals surface area contributed by atoms with Crippen LogP contribution in [-0.2, 0) is 16.2 Å². The van der Waals surface area contributed by atoms with E-state index in [9.17, 15) is 4.79 Å². The molecule has 1 amide bonds. The van der Waals surface area contributed by atoms with Crippen LogP contribution in [-0.4, -0.2) is 58.7 Å². The number of hydrogen-bond acceptors (Lipinski definition) is 5. The van der Waals surface area contributed by atoms with E-state index in [4.69, 9.17) is 4.84 Å². The number of pyridine rings is 1. The van der Waals surface area contributed by atoms with Gasteiger partial charge in [-0.15, -0.1) is 0 Å². The Labute approximate surface area is 130 Å². The van der Waals surface area contributed by atoms with Crippen molar-refractivity contribution in [1.82, 2.24) is 14.8 Å². The maximum Gasteiger partial charge on any atom is 0.266 e. The van der Waals surface area contributed by atoms with E-state index in [0.29, 0.717) is 6.42 Å². The van der Waals surface area contributed by atoms with Crippen LogP contribution in [0.25, 0.3) is 0 Å². The molecular formula is C16H22N4O2. The van der Waals surface area contributed by atoms with Crippen molar-refractivity contribution in [1.29, 1.82) is 0 Å². The average Bonchev–Trinajstić information content (AvgIpc) is 3.05. The van der Waals surface area contributed by atoms with Crippen LogP contribution in [0.1, 0.15) is 25.5 Å². The van der Waals surface area contributed by atoms with E-state index in [-0.39, 0.29) is 5.91 Å². The molecular weight excluding hydrogens is 280 g/mol. The first-order valence-corrected chi connectivity index (χ1v) is 7.89. The van der Waals surface area contributed by atoms with Gasteiger partial charge in [-0.3, -0.25) is 14.7 Å². The predicted molar refractivity (Wildman–Crippen MR) is 83.3 cm³/mol. The second kappa shape index (κ2) is 6.87. The number of carbonyl (C=O) groups excluding carboxylic acids is 1. The van der Waals surface area contributed by atoms with E-state index in [1.165, 1.54) is 0 Å². The number of nitrogens with zero attached hydrogens (tertiary/aromatic N) is 4. The molecule has 0 aliphatic carbocycles. The lowest BCUT2D eigenvalue weighted by Crippen LogP contribution is -2.51. The van der Waals surface area contributed by atoms with Crippen LogP contribution in [0.3, 0.4) is 0 Å². The number of oxime groups is 1. The lowest BCUT2D eigenvalue weighted by atomic mass is 10.1. The highest BCUT2D eigenvalue weighted by Crippen LogP contribution is 2.16. The lowest BCUT2D eigenvalue weighted by molar-refractivity contribution is -0.143. The summed E-state index contributed by atoms with van der Waals surface area (Å²) < 4.78 is 0. The second-order valence-corrected chi connectivity index (χ2v) is 5.73. The Balaban J connectivity index is 1.47. The SMILES string of the molecule is CCC1=NO[C@@H](C(=O)N2CCN(Cc3ccccn3)CC2)C1. The fourth-order valence-electron chi connectivity index (χ4n) is 2.82. The Bertz CT molecular complexity index is 538. The van der Waals surface area contributed by atoms with Gasteiger partial charge in [-0.25, -0.2) is 0 Å². The van der Waals surface area contributed by atoms with Crippen LogP contribution in [0.5, 0.6) is 0 Å². The molecule has 6 nitrogen and oxygen atoms in total. The maximum atomic E-state index is 12.4. The Kier molecular flexibility index (Phi) is 4.68. The molecule has 118 valence electrons. The summed E-state index contributed by atoms with van der Waals surface area (Å²) in [5.41, 5.74) is 2.05. The Morgan fingerprint density at radius 1 is 1.32 bits per heavy atom. The Morgan fingerprint density at radius 2 is 2.14 bits per heavy atom. The Hall–Kier alpha value is -1.95. The zero-order valence-electron chi connectivity index (χ0n) is 12.9. The molecule has 0 unspecified atom stereocenters. The molecule has 1 saturated heterocycles. The summed E-state index contributed by atoms with van der Waals surface area (Å²) in [5, 5.41) is 3.97. The van der Waals surface area contributed by atoms with E-state index in [0.717, 1.165) is 50.6 Å². The van der Waals surface area contributed by atoms with Crippen LogP contribution in [0.4, 0.5) is 0 Å². The minimum atomic E-state index is -0.405. The van der Waals surface area contributed by atoms with E-state index in [2.05, 4.69) is 15.0 Å². The van der Waals surface area contributed by atoms with Gasteiger partial charge in [0.25, 0.3) is 5.91 Å². The molecule has 0 aromatic carbocycles. The van der Waals surface area contributed by atoms with Gasteiger partial charge in [0.1, 0.15) is 0 Å². The van der Waals surface area contributed by atoms with Crippen LogP contribution < -0.4 is 0 Å². The van der Waals surface area contributed by atoms with Gasteiger partial charge in [0.2, 0.25) is 6.10 Å². The van der Waals surface area contributed by atoms with Crippen molar-refractivity contribution in [3.8, 4) is 0 Å². The highest BCUT2D eigenvalue weighted by Gasteiger charge is 2.32. The average molecular weight is 302 g/mol. The van der Waals surface area contributed by atoms with Gasteiger partial charge in [0.05, 0.1) is 11.4 Å². The first-order valence-electron chi connectivity index (χ1n) is 7.89. The zero-order chi connectivity index (χ0) is 15.4. The molecule has 1 aromatic rings. The van der Waals surface area contributed by atoms with Gasteiger partial charge in [-0.1, -0.05) is 18.1 Å². The van der Waals surface area contributed by atoms with E-state index < -0.39 is 6.10 Å². The second-order valence-electron chi connectivity index (χ2n) is 5.73.